The molecular weight excluding hydrogens is 429 g/mol. The molecule has 2 amide bonds. The molecule has 0 atom stereocenters. The van der Waals surface area contributed by atoms with E-state index < -0.39 is 11.7 Å². The second kappa shape index (κ2) is 10.9. The van der Waals surface area contributed by atoms with Gasteiger partial charge in [0.1, 0.15) is 5.82 Å². The highest BCUT2D eigenvalue weighted by molar-refractivity contribution is 7.99. The fraction of sp³-hybridized carbons (Fsp3) is 0.304. The van der Waals surface area contributed by atoms with Gasteiger partial charge in [0, 0.05) is 12.2 Å². The number of anilines is 1. The van der Waals surface area contributed by atoms with Crippen LogP contribution in [0.1, 0.15) is 48.4 Å². The molecule has 168 valence electrons. The molecule has 1 aromatic heterocycles. The highest BCUT2D eigenvalue weighted by Crippen LogP contribution is 2.24. The van der Waals surface area contributed by atoms with Crippen LogP contribution >= 0.6 is 11.8 Å². The lowest BCUT2D eigenvalue weighted by Crippen LogP contribution is -2.25. The number of rotatable bonds is 9. The molecule has 3 aromatic rings. The lowest BCUT2D eigenvalue weighted by molar-refractivity contribution is -0.113. The smallest absolute Gasteiger partial charge is 0.254 e. The molecule has 0 aliphatic carbocycles. The standard InChI is InChI=1S/C23H26FN5O2S/c1-4-29-20(13-25-22(31)17-10-5-7-11-18(17)24)27-28-23(29)32-14-21(30)26-19-12-8-6-9-16(19)15(2)3/h5-12,15H,4,13-14H2,1-3H3,(H,25,31)(H,26,30). The molecule has 9 heteroatoms. The van der Waals surface area contributed by atoms with Gasteiger partial charge in [-0.15, -0.1) is 10.2 Å². The van der Waals surface area contributed by atoms with Crippen LogP contribution < -0.4 is 10.6 Å². The molecule has 0 radical (unpaired) electrons. The van der Waals surface area contributed by atoms with Gasteiger partial charge in [-0.05, 0) is 36.6 Å². The minimum Gasteiger partial charge on any atom is -0.345 e. The number of benzene rings is 2. The van der Waals surface area contributed by atoms with E-state index in [9.17, 15) is 14.0 Å². The monoisotopic (exact) mass is 455 g/mol. The van der Waals surface area contributed by atoms with Crippen LogP contribution in [0.15, 0.2) is 53.7 Å². The third kappa shape index (κ3) is 5.73. The van der Waals surface area contributed by atoms with Crippen molar-refractivity contribution >= 4 is 29.3 Å². The summed E-state index contributed by atoms with van der Waals surface area (Å²) in [5.74, 6) is -0.237. The van der Waals surface area contributed by atoms with Crippen LogP contribution in [0.5, 0.6) is 0 Å². The van der Waals surface area contributed by atoms with Crippen LogP contribution in [0.3, 0.4) is 0 Å². The highest BCUT2D eigenvalue weighted by atomic mass is 32.2. The Balaban J connectivity index is 1.60. The van der Waals surface area contributed by atoms with Crippen LogP contribution in [0.4, 0.5) is 10.1 Å². The van der Waals surface area contributed by atoms with E-state index in [0.29, 0.717) is 23.4 Å². The van der Waals surface area contributed by atoms with Crippen LogP contribution in [-0.4, -0.2) is 32.3 Å². The van der Waals surface area contributed by atoms with E-state index in [1.807, 2.05) is 35.8 Å². The molecule has 2 N–H and O–H groups in total. The summed E-state index contributed by atoms with van der Waals surface area (Å²) in [6.07, 6.45) is 0. The Labute approximate surface area is 190 Å². The Kier molecular flexibility index (Phi) is 7.99. The quantitative estimate of drug-likeness (QED) is 0.472. The van der Waals surface area contributed by atoms with Gasteiger partial charge in [0.2, 0.25) is 5.91 Å². The number of halogens is 1. The lowest BCUT2D eigenvalue weighted by atomic mass is 10.0. The summed E-state index contributed by atoms with van der Waals surface area (Å²) < 4.78 is 15.6. The number of thioether (sulfide) groups is 1. The second-order valence-electron chi connectivity index (χ2n) is 7.38. The first-order chi connectivity index (χ1) is 15.4. The lowest BCUT2D eigenvalue weighted by Gasteiger charge is -2.13. The van der Waals surface area contributed by atoms with E-state index in [-0.39, 0.29) is 23.8 Å². The van der Waals surface area contributed by atoms with Crippen molar-refractivity contribution in [2.24, 2.45) is 0 Å². The average molecular weight is 456 g/mol. The van der Waals surface area contributed by atoms with E-state index >= 15 is 0 Å². The van der Waals surface area contributed by atoms with Crippen molar-refractivity contribution in [3.05, 3.63) is 71.3 Å². The Morgan fingerprint density at radius 3 is 2.53 bits per heavy atom. The maximum absolute atomic E-state index is 13.8. The maximum Gasteiger partial charge on any atom is 0.254 e. The molecule has 0 aliphatic rings. The maximum atomic E-state index is 13.8. The highest BCUT2D eigenvalue weighted by Gasteiger charge is 2.16. The van der Waals surface area contributed by atoms with Crippen LogP contribution in [-0.2, 0) is 17.9 Å². The van der Waals surface area contributed by atoms with Crippen molar-refractivity contribution < 1.29 is 14.0 Å². The Morgan fingerprint density at radius 1 is 1.09 bits per heavy atom. The zero-order chi connectivity index (χ0) is 23.1. The SMILES string of the molecule is CCn1c(CNC(=O)c2ccccc2F)nnc1SCC(=O)Nc1ccccc1C(C)C. The number of nitrogens with one attached hydrogen (secondary N) is 2. The Bertz CT molecular complexity index is 1100. The zero-order valence-electron chi connectivity index (χ0n) is 18.3. The molecule has 0 bridgehead atoms. The summed E-state index contributed by atoms with van der Waals surface area (Å²) >= 11 is 1.27. The van der Waals surface area contributed by atoms with Gasteiger partial charge in [-0.1, -0.05) is 55.9 Å². The number of amides is 2. The largest absolute Gasteiger partial charge is 0.345 e. The molecule has 1 heterocycles. The predicted octanol–water partition coefficient (Wildman–Crippen LogP) is 4.22. The van der Waals surface area contributed by atoms with E-state index in [1.165, 1.54) is 30.0 Å². The van der Waals surface area contributed by atoms with Crippen LogP contribution in [0.2, 0.25) is 0 Å². The summed E-state index contributed by atoms with van der Waals surface area (Å²) in [5, 5.41) is 14.5. The van der Waals surface area contributed by atoms with Gasteiger partial charge in [-0.25, -0.2) is 4.39 Å². The third-order valence-electron chi connectivity index (χ3n) is 4.82. The van der Waals surface area contributed by atoms with Gasteiger partial charge in [0.15, 0.2) is 11.0 Å². The number of hydrogen-bond donors (Lipinski definition) is 2. The fourth-order valence-electron chi connectivity index (χ4n) is 3.20. The molecule has 0 aliphatic heterocycles. The molecule has 0 unspecified atom stereocenters. The normalized spacial score (nSPS) is 10.9. The van der Waals surface area contributed by atoms with E-state index in [4.69, 9.17) is 0 Å². The van der Waals surface area contributed by atoms with Gasteiger partial charge < -0.3 is 15.2 Å². The first-order valence-corrected chi connectivity index (χ1v) is 11.4. The second-order valence-corrected chi connectivity index (χ2v) is 8.33. The average Bonchev–Trinajstić information content (AvgIpc) is 3.18. The zero-order valence-corrected chi connectivity index (χ0v) is 19.1. The van der Waals surface area contributed by atoms with Crippen molar-refractivity contribution in [2.75, 3.05) is 11.1 Å². The predicted molar refractivity (Wildman–Crippen MR) is 123 cm³/mol. The molecule has 0 fully saturated rings. The number of para-hydroxylation sites is 1. The van der Waals surface area contributed by atoms with Crippen molar-refractivity contribution in [1.29, 1.82) is 0 Å². The Morgan fingerprint density at radius 2 is 1.81 bits per heavy atom. The van der Waals surface area contributed by atoms with Gasteiger partial charge in [0.25, 0.3) is 5.91 Å². The minimum atomic E-state index is -0.580. The minimum absolute atomic E-state index is 0.0250. The van der Waals surface area contributed by atoms with Crippen LogP contribution in [0.25, 0.3) is 0 Å². The number of hydrogen-bond acceptors (Lipinski definition) is 5. The van der Waals surface area contributed by atoms with E-state index in [1.54, 1.807) is 6.07 Å². The molecule has 2 aromatic carbocycles. The summed E-state index contributed by atoms with van der Waals surface area (Å²) in [6, 6.07) is 13.5. The van der Waals surface area contributed by atoms with Gasteiger partial charge >= 0.3 is 0 Å². The summed E-state index contributed by atoms with van der Waals surface area (Å²) in [5.41, 5.74) is 1.86. The van der Waals surface area contributed by atoms with Gasteiger partial charge in [-0.3, -0.25) is 9.59 Å². The van der Waals surface area contributed by atoms with Crippen molar-refractivity contribution in [3.8, 4) is 0 Å². The first-order valence-electron chi connectivity index (χ1n) is 10.4. The number of carbonyl (C=O) groups is 2. The van der Waals surface area contributed by atoms with Crippen molar-refractivity contribution in [2.45, 2.75) is 44.9 Å². The molecule has 7 nitrogen and oxygen atoms in total. The van der Waals surface area contributed by atoms with Crippen molar-refractivity contribution in [1.82, 2.24) is 20.1 Å². The fourth-order valence-corrected chi connectivity index (χ4v) is 4.03. The van der Waals surface area contributed by atoms with E-state index in [2.05, 4.69) is 34.7 Å². The van der Waals surface area contributed by atoms with Gasteiger partial charge in [-0.2, -0.15) is 0 Å². The summed E-state index contributed by atoms with van der Waals surface area (Å²) in [6.45, 7) is 6.75. The van der Waals surface area contributed by atoms with Crippen LogP contribution in [0, 0.1) is 5.82 Å². The van der Waals surface area contributed by atoms with Crippen molar-refractivity contribution in [3.63, 3.8) is 0 Å². The van der Waals surface area contributed by atoms with Gasteiger partial charge in [0.05, 0.1) is 17.9 Å². The number of carbonyl (C=O) groups excluding carboxylic acids is 2. The third-order valence-corrected chi connectivity index (χ3v) is 5.79. The van der Waals surface area contributed by atoms with E-state index in [0.717, 1.165) is 11.3 Å². The molecule has 0 saturated carbocycles. The molecular formula is C23H26FN5O2S. The molecule has 0 spiro atoms. The molecule has 32 heavy (non-hydrogen) atoms. The molecule has 3 rings (SSSR count). The summed E-state index contributed by atoms with van der Waals surface area (Å²) in [4.78, 5) is 24.7. The molecule has 0 saturated heterocycles. The topological polar surface area (TPSA) is 88.9 Å². The first kappa shape index (κ1) is 23.5. The Hall–Kier alpha value is -3.20. The summed E-state index contributed by atoms with van der Waals surface area (Å²) in [7, 11) is 0. The number of nitrogens with zero attached hydrogens (tertiary/aromatic N) is 3. The number of aromatic nitrogens is 3.